The number of anilines is 3. The van der Waals surface area contributed by atoms with Gasteiger partial charge < -0.3 is 9.32 Å². The number of benzene rings is 7. The van der Waals surface area contributed by atoms with Gasteiger partial charge >= 0.3 is 0 Å². The van der Waals surface area contributed by atoms with E-state index in [1.54, 1.807) is 0 Å². The second-order valence-electron chi connectivity index (χ2n) is 14.9. The number of hydrogen-bond donors (Lipinski definition) is 0. The molecule has 240 valence electrons. The van der Waals surface area contributed by atoms with Crippen molar-refractivity contribution in [2.75, 3.05) is 4.90 Å². The molecule has 2 aliphatic carbocycles. The van der Waals surface area contributed by atoms with Crippen molar-refractivity contribution in [2.24, 2.45) is 0 Å². The molecule has 2 aliphatic rings. The van der Waals surface area contributed by atoms with Gasteiger partial charge in [-0.1, -0.05) is 137 Å². The zero-order valence-corrected chi connectivity index (χ0v) is 28.8. The van der Waals surface area contributed by atoms with Crippen LogP contribution in [0.1, 0.15) is 49.9 Å². The number of rotatable bonds is 4. The summed E-state index contributed by atoms with van der Waals surface area (Å²) < 4.78 is 6.40. The standard InChI is InChI=1S/C48H37NO/c1-47(2)38-18-9-5-15-33(38)37-29-31(25-27-40(37)47)49(43-22-13-20-41-46(43)36-17-6-10-19-39(36)48(41,3)4)42-21-11-7-14-32(42)30-24-26-35-34-16-8-12-23-44(34)50-45(35)28-30/h5-29H,1-4H3. The van der Waals surface area contributed by atoms with Crippen LogP contribution in [0.3, 0.4) is 0 Å². The van der Waals surface area contributed by atoms with Crippen molar-refractivity contribution in [3.05, 3.63) is 174 Å². The molecule has 0 atom stereocenters. The Labute approximate surface area is 293 Å². The summed E-state index contributed by atoms with van der Waals surface area (Å²) in [5.41, 5.74) is 18.1. The Morgan fingerprint density at radius 2 is 1.02 bits per heavy atom. The third kappa shape index (κ3) is 3.96. The van der Waals surface area contributed by atoms with Crippen LogP contribution in [0.25, 0.3) is 55.3 Å². The molecule has 0 unspecified atom stereocenters. The average Bonchev–Trinajstić information content (AvgIpc) is 3.72. The van der Waals surface area contributed by atoms with Crippen LogP contribution in [-0.4, -0.2) is 0 Å². The Balaban J connectivity index is 1.25. The van der Waals surface area contributed by atoms with Crippen LogP contribution in [0.4, 0.5) is 17.1 Å². The van der Waals surface area contributed by atoms with Crippen LogP contribution in [0.5, 0.6) is 0 Å². The average molecular weight is 644 g/mol. The number of hydrogen-bond acceptors (Lipinski definition) is 2. The second kappa shape index (κ2) is 10.3. The first kappa shape index (κ1) is 29.1. The lowest BCUT2D eigenvalue weighted by Gasteiger charge is -2.31. The second-order valence-corrected chi connectivity index (χ2v) is 14.9. The maximum absolute atomic E-state index is 6.40. The summed E-state index contributed by atoms with van der Waals surface area (Å²) in [6.45, 7) is 9.41. The van der Waals surface area contributed by atoms with E-state index >= 15 is 0 Å². The molecule has 1 aromatic heterocycles. The van der Waals surface area contributed by atoms with E-state index in [4.69, 9.17) is 4.42 Å². The van der Waals surface area contributed by atoms with E-state index in [1.165, 1.54) is 50.2 Å². The predicted molar refractivity (Wildman–Crippen MR) is 209 cm³/mol. The van der Waals surface area contributed by atoms with E-state index in [0.717, 1.165) is 44.4 Å². The molecule has 0 radical (unpaired) electrons. The summed E-state index contributed by atoms with van der Waals surface area (Å²) in [6, 6.07) is 55.6. The van der Waals surface area contributed by atoms with Crippen molar-refractivity contribution in [2.45, 2.75) is 38.5 Å². The van der Waals surface area contributed by atoms with Gasteiger partial charge in [0.15, 0.2) is 0 Å². The number of fused-ring (bicyclic) bond motifs is 9. The van der Waals surface area contributed by atoms with Crippen molar-refractivity contribution >= 4 is 39.0 Å². The quantitative estimate of drug-likeness (QED) is 0.190. The molecule has 0 saturated heterocycles. The van der Waals surface area contributed by atoms with Crippen LogP contribution in [-0.2, 0) is 10.8 Å². The number of para-hydroxylation sites is 2. The fraction of sp³-hybridized carbons (Fsp3) is 0.125. The first-order valence-electron chi connectivity index (χ1n) is 17.6. The van der Waals surface area contributed by atoms with Gasteiger partial charge in [-0.25, -0.2) is 0 Å². The van der Waals surface area contributed by atoms with Gasteiger partial charge in [-0.15, -0.1) is 0 Å². The largest absolute Gasteiger partial charge is 0.456 e. The summed E-state index contributed by atoms with van der Waals surface area (Å²) in [6.07, 6.45) is 0. The summed E-state index contributed by atoms with van der Waals surface area (Å²) >= 11 is 0. The Morgan fingerprint density at radius 1 is 0.420 bits per heavy atom. The Hall–Kier alpha value is -5.86. The molecule has 50 heavy (non-hydrogen) atoms. The lowest BCUT2D eigenvalue weighted by Crippen LogP contribution is -2.17. The lowest BCUT2D eigenvalue weighted by molar-refractivity contribution is 0.660. The van der Waals surface area contributed by atoms with Crippen LogP contribution in [0, 0.1) is 0 Å². The van der Waals surface area contributed by atoms with E-state index in [-0.39, 0.29) is 10.8 Å². The number of furan rings is 1. The van der Waals surface area contributed by atoms with Gasteiger partial charge in [-0.2, -0.15) is 0 Å². The maximum atomic E-state index is 6.40. The Morgan fingerprint density at radius 3 is 1.86 bits per heavy atom. The molecule has 0 spiro atoms. The highest BCUT2D eigenvalue weighted by atomic mass is 16.3. The van der Waals surface area contributed by atoms with Gasteiger partial charge in [-0.3, -0.25) is 0 Å². The third-order valence-electron chi connectivity index (χ3n) is 11.5. The van der Waals surface area contributed by atoms with E-state index in [9.17, 15) is 0 Å². The molecule has 1 heterocycles. The minimum absolute atomic E-state index is 0.0633. The molecule has 7 aromatic carbocycles. The molecule has 2 heteroatoms. The topological polar surface area (TPSA) is 16.4 Å². The molecule has 0 N–H and O–H groups in total. The Bertz CT molecular complexity index is 2670. The predicted octanol–water partition coefficient (Wildman–Crippen LogP) is 13.3. The molecule has 10 rings (SSSR count). The van der Waals surface area contributed by atoms with Crippen molar-refractivity contribution in [3.8, 4) is 33.4 Å². The van der Waals surface area contributed by atoms with E-state index in [1.807, 2.05) is 12.1 Å². The third-order valence-corrected chi connectivity index (χ3v) is 11.5. The Kier molecular flexibility index (Phi) is 6.01. The van der Waals surface area contributed by atoms with E-state index in [2.05, 4.69) is 172 Å². The summed E-state index contributed by atoms with van der Waals surface area (Å²) in [7, 11) is 0. The monoisotopic (exact) mass is 643 g/mol. The van der Waals surface area contributed by atoms with E-state index in [0.29, 0.717) is 0 Å². The van der Waals surface area contributed by atoms with E-state index < -0.39 is 0 Å². The fourth-order valence-electron chi connectivity index (χ4n) is 8.98. The highest BCUT2D eigenvalue weighted by molar-refractivity contribution is 6.07. The van der Waals surface area contributed by atoms with Crippen LogP contribution in [0.15, 0.2) is 156 Å². The summed E-state index contributed by atoms with van der Waals surface area (Å²) in [5, 5.41) is 2.28. The molecule has 2 nitrogen and oxygen atoms in total. The van der Waals surface area contributed by atoms with Gasteiger partial charge in [0.05, 0.1) is 11.4 Å². The van der Waals surface area contributed by atoms with Gasteiger partial charge in [0.1, 0.15) is 11.2 Å². The maximum Gasteiger partial charge on any atom is 0.136 e. The van der Waals surface area contributed by atoms with Crippen LogP contribution >= 0.6 is 0 Å². The van der Waals surface area contributed by atoms with Crippen LogP contribution in [0.2, 0.25) is 0 Å². The molecule has 0 aliphatic heterocycles. The zero-order valence-electron chi connectivity index (χ0n) is 28.8. The highest BCUT2D eigenvalue weighted by Gasteiger charge is 2.39. The zero-order chi connectivity index (χ0) is 33.8. The molecule has 0 fully saturated rings. The molecule has 8 aromatic rings. The van der Waals surface area contributed by atoms with Crippen molar-refractivity contribution < 1.29 is 4.42 Å². The van der Waals surface area contributed by atoms with Crippen LogP contribution < -0.4 is 4.90 Å². The normalized spacial score (nSPS) is 14.7. The summed E-state index contributed by atoms with van der Waals surface area (Å²) in [5.74, 6) is 0. The molecule has 0 bridgehead atoms. The molecule has 0 amide bonds. The van der Waals surface area contributed by atoms with Gasteiger partial charge in [0, 0.05) is 38.4 Å². The van der Waals surface area contributed by atoms with Crippen molar-refractivity contribution in [1.82, 2.24) is 0 Å². The molecular formula is C48H37NO. The highest BCUT2D eigenvalue weighted by Crippen LogP contribution is 2.56. The fourth-order valence-corrected chi connectivity index (χ4v) is 8.98. The van der Waals surface area contributed by atoms with Gasteiger partial charge in [0.2, 0.25) is 0 Å². The first-order valence-corrected chi connectivity index (χ1v) is 17.6. The van der Waals surface area contributed by atoms with Gasteiger partial charge in [-0.05, 0) is 87.0 Å². The SMILES string of the molecule is CC1(C)c2ccccc2-c2cc(N(c3ccccc3-c3ccc4c(c3)oc3ccccc34)c3cccc4c3-c3ccccc3C4(C)C)ccc21. The first-order chi connectivity index (χ1) is 24.3. The minimum atomic E-state index is -0.111. The summed E-state index contributed by atoms with van der Waals surface area (Å²) in [4.78, 5) is 2.50. The molecule has 0 saturated carbocycles. The minimum Gasteiger partial charge on any atom is -0.456 e. The smallest absolute Gasteiger partial charge is 0.136 e. The van der Waals surface area contributed by atoms with Crippen molar-refractivity contribution in [3.63, 3.8) is 0 Å². The number of nitrogens with zero attached hydrogens (tertiary/aromatic N) is 1. The lowest BCUT2D eigenvalue weighted by atomic mass is 9.82. The molecular weight excluding hydrogens is 607 g/mol. The van der Waals surface area contributed by atoms with Gasteiger partial charge in [0.25, 0.3) is 0 Å². The van der Waals surface area contributed by atoms with Crippen molar-refractivity contribution in [1.29, 1.82) is 0 Å².